The molecule has 184 valence electrons. The number of aromatic nitrogens is 3. The zero-order valence-electron chi connectivity index (χ0n) is 19.7. The molecule has 35 heavy (non-hydrogen) atoms. The first-order chi connectivity index (χ1) is 17.0. The van der Waals surface area contributed by atoms with Gasteiger partial charge >= 0.3 is 0 Å². The second-order valence-electron chi connectivity index (χ2n) is 8.46. The van der Waals surface area contributed by atoms with Crippen LogP contribution in [0.5, 0.6) is 5.75 Å². The molecule has 2 N–H and O–H groups in total. The third kappa shape index (κ3) is 6.54. The lowest BCUT2D eigenvalue weighted by atomic mass is 9.97. The van der Waals surface area contributed by atoms with Crippen molar-refractivity contribution in [3.63, 3.8) is 0 Å². The molecule has 0 radical (unpaired) electrons. The Morgan fingerprint density at radius 3 is 2.63 bits per heavy atom. The fraction of sp³-hybridized carbons (Fsp3) is 0.400. The van der Waals surface area contributed by atoms with Gasteiger partial charge < -0.3 is 19.9 Å². The number of Topliss-reactive ketones (excluding diaryl/α,β-unsaturated/α-hetero) is 1. The molecule has 0 atom stereocenters. The van der Waals surface area contributed by atoms with E-state index in [-0.39, 0.29) is 36.4 Å². The largest absolute Gasteiger partial charge is 0.497 e. The molecule has 10 heteroatoms. The molecule has 2 amide bonds. The van der Waals surface area contributed by atoms with Gasteiger partial charge in [0.05, 0.1) is 18.4 Å². The highest BCUT2D eigenvalue weighted by Crippen LogP contribution is 2.30. The molecular weight excluding hydrogens is 466 g/mol. The Hall–Kier alpha value is -3.53. The predicted octanol–water partition coefficient (Wildman–Crippen LogP) is 3.22. The molecular formula is C25H29N5O4S. The molecule has 0 saturated carbocycles. The number of carbonyl (C=O) groups excluding carboxylic acids is 3. The molecule has 1 saturated heterocycles. The Kier molecular flexibility index (Phi) is 8.25. The van der Waals surface area contributed by atoms with Gasteiger partial charge in [0.2, 0.25) is 5.91 Å². The zero-order chi connectivity index (χ0) is 24.6. The highest BCUT2D eigenvalue weighted by Gasteiger charge is 2.26. The molecule has 0 aliphatic carbocycles. The molecule has 9 nitrogen and oxygen atoms in total. The van der Waals surface area contributed by atoms with Gasteiger partial charge in [-0.05, 0) is 37.1 Å². The van der Waals surface area contributed by atoms with Gasteiger partial charge in [-0.1, -0.05) is 0 Å². The Morgan fingerprint density at radius 2 is 1.94 bits per heavy atom. The summed E-state index contributed by atoms with van der Waals surface area (Å²) in [7, 11) is 1.58. The molecule has 0 spiro atoms. The number of ketones is 1. The van der Waals surface area contributed by atoms with Crippen molar-refractivity contribution in [2.75, 3.05) is 26.7 Å². The van der Waals surface area contributed by atoms with Crippen molar-refractivity contribution in [3.8, 4) is 5.75 Å². The maximum atomic E-state index is 12.6. The topological polar surface area (TPSA) is 117 Å². The Labute approximate surface area is 207 Å². The van der Waals surface area contributed by atoms with Crippen LogP contribution in [-0.2, 0) is 11.2 Å². The minimum absolute atomic E-state index is 0.00165. The number of thiazole rings is 1. The first-order valence-corrected chi connectivity index (χ1v) is 12.6. The monoisotopic (exact) mass is 495 g/mol. The number of aromatic amines is 1. The molecule has 2 aromatic heterocycles. The summed E-state index contributed by atoms with van der Waals surface area (Å²) in [6.07, 6.45) is 6.03. The zero-order valence-corrected chi connectivity index (χ0v) is 20.5. The molecule has 1 aromatic carbocycles. The second kappa shape index (κ2) is 11.7. The number of ether oxygens (including phenoxy) is 1. The van der Waals surface area contributed by atoms with Gasteiger partial charge in [-0.2, -0.15) is 0 Å². The minimum Gasteiger partial charge on any atom is -0.497 e. The average molecular weight is 496 g/mol. The van der Waals surface area contributed by atoms with Crippen molar-refractivity contribution < 1.29 is 19.1 Å². The van der Waals surface area contributed by atoms with E-state index in [1.807, 2.05) is 4.90 Å². The predicted molar refractivity (Wildman–Crippen MR) is 132 cm³/mol. The molecule has 1 aliphatic rings. The van der Waals surface area contributed by atoms with Crippen molar-refractivity contribution >= 4 is 28.9 Å². The van der Waals surface area contributed by atoms with Gasteiger partial charge in [-0.25, -0.2) is 9.97 Å². The molecule has 0 unspecified atom stereocenters. The van der Waals surface area contributed by atoms with E-state index in [2.05, 4.69) is 20.3 Å². The van der Waals surface area contributed by atoms with Crippen molar-refractivity contribution in [3.05, 3.63) is 64.1 Å². The van der Waals surface area contributed by atoms with Crippen LogP contribution >= 0.6 is 11.3 Å². The van der Waals surface area contributed by atoms with Crippen LogP contribution in [0.4, 0.5) is 0 Å². The van der Waals surface area contributed by atoms with Crippen molar-refractivity contribution in [2.24, 2.45) is 0 Å². The number of carbonyl (C=O) groups is 3. The summed E-state index contributed by atoms with van der Waals surface area (Å²) in [5, 5.41) is 5.62. The lowest BCUT2D eigenvalue weighted by Crippen LogP contribution is -2.38. The second-order valence-corrected chi connectivity index (χ2v) is 9.35. The number of imidazole rings is 1. The fourth-order valence-electron chi connectivity index (χ4n) is 4.08. The number of rotatable bonds is 10. The van der Waals surface area contributed by atoms with E-state index in [1.54, 1.807) is 49.3 Å². The number of nitrogens with zero attached hydrogens (tertiary/aromatic N) is 3. The van der Waals surface area contributed by atoms with Gasteiger partial charge in [0.15, 0.2) is 5.78 Å². The number of piperidine rings is 1. The number of hydrogen-bond acceptors (Lipinski definition) is 7. The molecule has 3 heterocycles. The highest BCUT2D eigenvalue weighted by atomic mass is 32.1. The van der Waals surface area contributed by atoms with Crippen LogP contribution in [0.2, 0.25) is 0 Å². The number of likely N-dealkylation sites (tertiary alicyclic amines) is 1. The molecule has 0 bridgehead atoms. The van der Waals surface area contributed by atoms with Crippen LogP contribution in [0.25, 0.3) is 0 Å². The lowest BCUT2D eigenvalue weighted by molar-refractivity contribution is -0.132. The smallest absolute Gasteiger partial charge is 0.270 e. The van der Waals surface area contributed by atoms with E-state index < -0.39 is 0 Å². The molecule has 3 aromatic rings. The van der Waals surface area contributed by atoms with E-state index in [9.17, 15) is 14.4 Å². The summed E-state index contributed by atoms with van der Waals surface area (Å²) >= 11 is 1.49. The quantitative estimate of drug-likeness (QED) is 0.417. The van der Waals surface area contributed by atoms with Crippen LogP contribution in [0.1, 0.15) is 63.1 Å². The Bertz CT molecular complexity index is 1140. The van der Waals surface area contributed by atoms with Crippen LogP contribution < -0.4 is 10.1 Å². The van der Waals surface area contributed by atoms with Gasteiger partial charge in [-0.15, -0.1) is 11.3 Å². The maximum absolute atomic E-state index is 12.6. The van der Waals surface area contributed by atoms with Crippen LogP contribution in [0.3, 0.4) is 0 Å². The van der Waals surface area contributed by atoms with Gasteiger partial charge in [0.25, 0.3) is 5.91 Å². The highest BCUT2D eigenvalue weighted by molar-refractivity contribution is 7.09. The van der Waals surface area contributed by atoms with Crippen molar-refractivity contribution in [2.45, 2.75) is 38.0 Å². The number of methoxy groups -OCH3 is 1. The molecule has 1 aliphatic heterocycles. The standard InChI is InChI=1S/C25H29N5O4S/c1-34-20-4-2-17(3-5-20)22(31)6-7-23(32)30-12-9-18(10-13-30)25-29-21(15-35-25)24(33)27-11-8-19-14-26-16-28-19/h2-5,14-16,18H,6-13H2,1H3,(H,26,28)(H,27,33). The average Bonchev–Trinajstić information content (AvgIpc) is 3.60. The van der Waals surface area contributed by atoms with E-state index in [4.69, 9.17) is 4.74 Å². The first kappa shape index (κ1) is 24.6. The number of nitrogens with one attached hydrogen (secondary N) is 2. The summed E-state index contributed by atoms with van der Waals surface area (Å²) in [4.78, 5) is 50.8. The SMILES string of the molecule is COc1ccc(C(=O)CCC(=O)N2CCC(c3nc(C(=O)NCCc4cnc[nH]4)cs3)CC2)cc1. The Balaban J connectivity index is 1.19. The van der Waals surface area contributed by atoms with Crippen LogP contribution in [0.15, 0.2) is 42.2 Å². The number of benzene rings is 1. The molecule has 4 rings (SSSR count). The summed E-state index contributed by atoms with van der Waals surface area (Å²) < 4.78 is 5.11. The van der Waals surface area contributed by atoms with E-state index in [0.717, 1.165) is 23.5 Å². The summed E-state index contributed by atoms with van der Waals surface area (Å²) in [5.74, 6) is 0.701. The number of H-pyrrole nitrogens is 1. The lowest BCUT2D eigenvalue weighted by Gasteiger charge is -2.31. The summed E-state index contributed by atoms with van der Waals surface area (Å²) in [5.41, 5.74) is 1.99. The fourth-order valence-corrected chi connectivity index (χ4v) is 5.05. The first-order valence-electron chi connectivity index (χ1n) is 11.7. The summed E-state index contributed by atoms with van der Waals surface area (Å²) in [6.45, 7) is 1.77. The van der Waals surface area contributed by atoms with Crippen LogP contribution in [0, 0.1) is 0 Å². The third-order valence-corrected chi connectivity index (χ3v) is 7.17. The van der Waals surface area contributed by atoms with E-state index in [0.29, 0.717) is 43.1 Å². The number of hydrogen-bond donors (Lipinski definition) is 2. The van der Waals surface area contributed by atoms with E-state index in [1.165, 1.54) is 11.3 Å². The van der Waals surface area contributed by atoms with Gasteiger partial charge in [0.1, 0.15) is 11.4 Å². The summed E-state index contributed by atoms with van der Waals surface area (Å²) in [6, 6.07) is 6.93. The van der Waals surface area contributed by atoms with Crippen molar-refractivity contribution in [1.82, 2.24) is 25.2 Å². The third-order valence-electron chi connectivity index (χ3n) is 6.16. The maximum Gasteiger partial charge on any atom is 0.270 e. The van der Waals surface area contributed by atoms with Crippen molar-refractivity contribution in [1.29, 1.82) is 0 Å². The van der Waals surface area contributed by atoms with Gasteiger partial charge in [0, 0.05) is 67.6 Å². The number of amides is 2. The molecule has 1 fully saturated rings. The Morgan fingerprint density at radius 1 is 1.17 bits per heavy atom. The normalized spacial score (nSPS) is 14.0. The van der Waals surface area contributed by atoms with E-state index >= 15 is 0 Å². The minimum atomic E-state index is -0.179. The van der Waals surface area contributed by atoms with Gasteiger partial charge in [-0.3, -0.25) is 14.4 Å². The van der Waals surface area contributed by atoms with Crippen LogP contribution in [-0.4, -0.2) is 64.2 Å².